The molecule has 3 aromatic carbocycles. The lowest BCUT2D eigenvalue weighted by Crippen LogP contribution is -2.55. The van der Waals surface area contributed by atoms with Crippen molar-refractivity contribution in [2.75, 3.05) is 7.11 Å². The van der Waals surface area contributed by atoms with Gasteiger partial charge in [-0.2, -0.15) is 0 Å². The van der Waals surface area contributed by atoms with Crippen molar-refractivity contribution in [3.63, 3.8) is 0 Å². The molecule has 268 valence electrons. The Labute approximate surface area is 302 Å². The molecular formula is C38H36BrO12-. The molecule has 0 aliphatic heterocycles. The van der Waals surface area contributed by atoms with Crippen LogP contribution in [-0.4, -0.2) is 52.6 Å². The first-order valence-electron chi connectivity index (χ1n) is 15.5. The molecule has 0 spiro atoms. The second-order valence-electron chi connectivity index (χ2n) is 12.3. The molecule has 13 heteroatoms. The van der Waals surface area contributed by atoms with Crippen molar-refractivity contribution in [3.8, 4) is 23.0 Å². The number of carbonyl (C=O) groups is 5. The number of methoxy groups -OCH3 is 1. The molecule has 1 atom stereocenters. The monoisotopic (exact) mass is 763 g/mol. The number of carbonyl (C=O) groups excluding carboxylic acids is 4. The molecule has 51 heavy (non-hydrogen) atoms. The summed E-state index contributed by atoms with van der Waals surface area (Å²) in [6, 6.07) is 1.49. The van der Waals surface area contributed by atoms with Gasteiger partial charge in [0, 0.05) is 6.08 Å². The van der Waals surface area contributed by atoms with E-state index in [9.17, 15) is 39.3 Å². The van der Waals surface area contributed by atoms with Gasteiger partial charge in [0.05, 0.1) is 23.8 Å². The predicted octanol–water partition coefficient (Wildman–Crippen LogP) is 5.74. The van der Waals surface area contributed by atoms with Gasteiger partial charge in [0.2, 0.25) is 0 Å². The summed E-state index contributed by atoms with van der Waals surface area (Å²) in [6.45, 7) is 14.6. The summed E-state index contributed by atoms with van der Waals surface area (Å²) >= 11 is 3.17. The van der Waals surface area contributed by atoms with Crippen molar-refractivity contribution in [2.45, 2.75) is 67.9 Å². The first-order chi connectivity index (χ1) is 23.7. The maximum absolute atomic E-state index is 13.6. The molecule has 1 aliphatic rings. The van der Waals surface area contributed by atoms with Crippen LogP contribution in [-0.2, 0) is 14.3 Å². The number of halogens is 1. The minimum Gasteiger partial charge on any atom is -0.832 e. The molecule has 4 rings (SSSR count). The summed E-state index contributed by atoms with van der Waals surface area (Å²) in [5.74, 6) is -5.57. The molecule has 0 radical (unpaired) electrons. The highest BCUT2D eigenvalue weighted by Crippen LogP contribution is 2.43. The van der Waals surface area contributed by atoms with Crippen LogP contribution in [0.3, 0.4) is 0 Å². The first-order valence-corrected chi connectivity index (χ1v) is 16.3. The van der Waals surface area contributed by atoms with E-state index in [1.54, 1.807) is 48.5 Å². The Bertz CT molecular complexity index is 2080. The van der Waals surface area contributed by atoms with E-state index in [0.29, 0.717) is 38.9 Å². The van der Waals surface area contributed by atoms with E-state index in [1.807, 2.05) is 0 Å². The Morgan fingerprint density at radius 3 is 1.78 bits per heavy atom. The van der Waals surface area contributed by atoms with Gasteiger partial charge in [0.15, 0.2) is 11.5 Å². The van der Waals surface area contributed by atoms with E-state index in [0.717, 1.165) is 25.3 Å². The molecule has 0 amide bonds. The Morgan fingerprint density at radius 2 is 1.24 bits per heavy atom. The minimum atomic E-state index is -2.68. The third-order valence-corrected chi connectivity index (χ3v) is 10.1. The number of aromatic hydroxyl groups is 1. The third-order valence-electron chi connectivity index (χ3n) is 9.39. The number of hydrogen-bond donors (Lipinski definition) is 2. The molecule has 0 saturated carbocycles. The van der Waals surface area contributed by atoms with Crippen LogP contribution in [0.15, 0.2) is 34.5 Å². The Balaban J connectivity index is 1.65. The number of benzene rings is 3. The molecule has 12 nitrogen and oxygen atoms in total. The van der Waals surface area contributed by atoms with E-state index in [1.165, 1.54) is 19.9 Å². The van der Waals surface area contributed by atoms with Gasteiger partial charge in [-0.15, -0.1) is 0 Å². The number of allylic oxidation sites excluding steroid dienone is 2. The van der Waals surface area contributed by atoms with Crippen LogP contribution in [0.4, 0.5) is 0 Å². The topological polar surface area (TPSA) is 186 Å². The van der Waals surface area contributed by atoms with Crippen molar-refractivity contribution in [3.05, 3.63) is 101 Å². The normalized spacial score (nSPS) is 15.3. The Kier molecular flexibility index (Phi) is 10.7. The van der Waals surface area contributed by atoms with Gasteiger partial charge in [-0.3, -0.25) is 9.59 Å². The Morgan fingerprint density at radius 1 is 0.725 bits per heavy atom. The van der Waals surface area contributed by atoms with E-state index in [-0.39, 0.29) is 49.5 Å². The largest absolute Gasteiger partial charge is 0.832 e. The van der Waals surface area contributed by atoms with Gasteiger partial charge in [-0.05, 0) is 140 Å². The van der Waals surface area contributed by atoms with Crippen LogP contribution < -0.4 is 19.3 Å². The molecule has 0 aromatic heterocycles. The summed E-state index contributed by atoms with van der Waals surface area (Å²) in [5, 5.41) is 34.1. The zero-order valence-electron chi connectivity index (χ0n) is 29.7. The lowest BCUT2D eigenvalue weighted by Gasteiger charge is -2.37. The van der Waals surface area contributed by atoms with Gasteiger partial charge in [0.1, 0.15) is 33.0 Å². The third kappa shape index (κ3) is 6.66. The van der Waals surface area contributed by atoms with Crippen LogP contribution in [0.2, 0.25) is 0 Å². The van der Waals surface area contributed by atoms with E-state index in [2.05, 4.69) is 15.9 Å². The molecule has 0 saturated heterocycles. The quantitative estimate of drug-likeness (QED) is 0.210. The van der Waals surface area contributed by atoms with Crippen molar-refractivity contribution in [1.82, 2.24) is 0 Å². The predicted molar refractivity (Wildman–Crippen MR) is 186 cm³/mol. The van der Waals surface area contributed by atoms with Crippen LogP contribution >= 0.6 is 15.9 Å². The van der Waals surface area contributed by atoms with Crippen LogP contribution in [0, 0.1) is 62.3 Å². The molecular weight excluding hydrogens is 728 g/mol. The van der Waals surface area contributed by atoms with Crippen LogP contribution in [0.25, 0.3) is 0 Å². The van der Waals surface area contributed by atoms with Crippen LogP contribution in [0.1, 0.15) is 81.1 Å². The molecule has 3 aromatic rings. The minimum absolute atomic E-state index is 0.102. The zero-order valence-corrected chi connectivity index (χ0v) is 31.3. The number of carboxylic acid groups (broad SMARTS) is 1. The van der Waals surface area contributed by atoms with Crippen molar-refractivity contribution in [2.24, 2.45) is 0 Å². The molecule has 0 bridgehead atoms. The summed E-state index contributed by atoms with van der Waals surface area (Å²) in [4.78, 5) is 63.8. The fourth-order valence-electron chi connectivity index (χ4n) is 5.91. The van der Waals surface area contributed by atoms with Crippen molar-refractivity contribution >= 4 is 45.6 Å². The lowest BCUT2D eigenvalue weighted by molar-refractivity contribution is -0.437. The van der Waals surface area contributed by atoms with E-state index < -0.39 is 46.8 Å². The van der Waals surface area contributed by atoms with Gasteiger partial charge in [0.25, 0.3) is 0 Å². The average molecular weight is 765 g/mol. The van der Waals surface area contributed by atoms with Crippen molar-refractivity contribution in [1.29, 1.82) is 0 Å². The number of rotatable bonds is 8. The number of ether oxygens (including phenoxy) is 4. The average Bonchev–Trinajstić information content (AvgIpc) is 3.06. The second kappa shape index (κ2) is 14.2. The number of phenols is 1. The van der Waals surface area contributed by atoms with Gasteiger partial charge >= 0.3 is 23.9 Å². The van der Waals surface area contributed by atoms with E-state index in [4.69, 9.17) is 18.9 Å². The number of esters is 3. The SMILES string of the molecule is COC1=CC(=O)C=C[C@@]1([O-])C(=O)Oc1c(C)c(C)c(C(=O)Oc2cc(C)c(C(=O)Oc3c(C)c(C)c(C(=O)O)c(C)c3C)c(C)c2C)c(O)c1Br. The maximum Gasteiger partial charge on any atom is 0.347 e. The first kappa shape index (κ1) is 38.5. The molecule has 1 aliphatic carbocycles. The highest BCUT2D eigenvalue weighted by molar-refractivity contribution is 9.10. The number of phenolic OH excluding ortho intramolecular Hbond substituents is 1. The number of ketones is 1. The number of carboxylic acids is 1. The van der Waals surface area contributed by atoms with Gasteiger partial charge < -0.3 is 34.3 Å². The van der Waals surface area contributed by atoms with Crippen molar-refractivity contribution < 1.29 is 58.2 Å². The highest BCUT2D eigenvalue weighted by atomic mass is 79.9. The molecule has 0 unspecified atom stereocenters. The van der Waals surface area contributed by atoms with Gasteiger partial charge in [-0.1, -0.05) is 6.08 Å². The fourth-order valence-corrected chi connectivity index (χ4v) is 6.49. The maximum atomic E-state index is 13.6. The number of aryl methyl sites for hydroxylation is 1. The fraction of sp³-hybridized carbons (Fsp3) is 0.289. The number of hydrogen-bond acceptors (Lipinski definition) is 11. The summed E-state index contributed by atoms with van der Waals surface area (Å²) in [5.41, 5.74) is 1.17. The molecule has 0 heterocycles. The highest BCUT2D eigenvalue weighted by Gasteiger charge is 2.36. The number of aromatic carboxylic acids is 1. The smallest absolute Gasteiger partial charge is 0.347 e. The second-order valence-corrected chi connectivity index (χ2v) is 13.1. The summed E-state index contributed by atoms with van der Waals surface area (Å²) in [7, 11) is 1.13. The van der Waals surface area contributed by atoms with Crippen LogP contribution in [0.5, 0.6) is 23.0 Å². The zero-order chi connectivity index (χ0) is 38.4. The summed E-state index contributed by atoms with van der Waals surface area (Å²) in [6.07, 6.45) is 2.62. The lowest BCUT2D eigenvalue weighted by atomic mass is 9.93. The molecule has 0 fully saturated rings. The standard InChI is InChI=1S/C38H36BrO12/c1-15-13-25(16(2)17(3)27(15)35(44)50-32-21(7)18(4)28(34(42)43)19(5)22(32)8)49-36(45)29-20(6)23(9)33(30(39)31(29)41)51-37(46)38(47)12-11-24(40)14-26(38)48-10/h11-14,41H,1-10H3,(H,42,43)/q-1/t38-/m0/s1. The summed E-state index contributed by atoms with van der Waals surface area (Å²) < 4.78 is 21.8. The Hall–Kier alpha value is -5.27. The van der Waals surface area contributed by atoms with Gasteiger partial charge in [-0.25, -0.2) is 14.4 Å². The molecule has 2 N–H and O–H groups in total. The van der Waals surface area contributed by atoms with E-state index >= 15 is 0 Å².